The Hall–Kier alpha value is -0.610. The number of piperidine rings is 1. The van der Waals surface area contributed by atoms with Crippen LogP contribution in [0.1, 0.15) is 51.4 Å². The molecule has 0 spiro atoms. The van der Waals surface area contributed by atoms with E-state index < -0.39 is 5.97 Å². The van der Waals surface area contributed by atoms with Crippen molar-refractivity contribution in [3.63, 3.8) is 0 Å². The molecule has 0 aromatic rings. The Morgan fingerprint density at radius 3 is 2.16 bits per heavy atom. The molecule has 2 heterocycles. The van der Waals surface area contributed by atoms with Crippen LogP contribution >= 0.6 is 0 Å². The summed E-state index contributed by atoms with van der Waals surface area (Å²) in [6, 6.07) is 1.14. The van der Waals surface area contributed by atoms with E-state index in [0.29, 0.717) is 6.04 Å². The van der Waals surface area contributed by atoms with Crippen molar-refractivity contribution in [2.24, 2.45) is 0 Å². The zero-order chi connectivity index (χ0) is 13.2. The second-order valence-corrected chi connectivity index (χ2v) is 6.44. The van der Waals surface area contributed by atoms with Gasteiger partial charge in [-0.05, 0) is 58.2 Å². The van der Waals surface area contributed by atoms with E-state index in [4.69, 9.17) is 0 Å². The molecule has 0 bridgehead atoms. The van der Waals surface area contributed by atoms with Gasteiger partial charge in [0.05, 0.1) is 0 Å². The van der Waals surface area contributed by atoms with Crippen molar-refractivity contribution in [1.29, 1.82) is 0 Å². The van der Waals surface area contributed by atoms with Crippen LogP contribution in [0, 0.1) is 0 Å². The Morgan fingerprint density at radius 2 is 1.53 bits per heavy atom. The topological polar surface area (TPSA) is 43.8 Å². The van der Waals surface area contributed by atoms with Crippen LogP contribution in [0.3, 0.4) is 0 Å². The highest BCUT2D eigenvalue weighted by atomic mass is 16.4. The second kappa shape index (κ2) is 5.80. The fourth-order valence-corrected chi connectivity index (χ4v) is 4.34. The Kier molecular flexibility index (Phi) is 4.08. The van der Waals surface area contributed by atoms with Crippen LogP contribution in [-0.4, -0.2) is 58.6 Å². The maximum absolute atomic E-state index is 11.3. The number of carboxylic acids is 1. The normalized spacial score (nSPS) is 32.1. The standard InChI is InChI=1S/C15H26N2O2/c18-15(19)14-6-3-9-17(14)13-7-10-16(11-8-13)12-4-1-2-5-12/h12-14H,1-11H2,(H,18,19). The molecular formula is C15H26N2O2. The van der Waals surface area contributed by atoms with E-state index >= 15 is 0 Å². The van der Waals surface area contributed by atoms with E-state index in [1.165, 1.54) is 51.6 Å². The molecule has 108 valence electrons. The van der Waals surface area contributed by atoms with Crippen molar-refractivity contribution in [2.75, 3.05) is 19.6 Å². The van der Waals surface area contributed by atoms with Gasteiger partial charge in [-0.25, -0.2) is 0 Å². The predicted octanol–water partition coefficient (Wildman–Crippen LogP) is 1.94. The Morgan fingerprint density at radius 1 is 0.842 bits per heavy atom. The number of rotatable bonds is 3. The molecule has 0 aromatic heterocycles. The summed E-state index contributed by atoms with van der Waals surface area (Å²) in [4.78, 5) is 16.2. The van der Waals surface area contributed by atoms with Crippen LogP contribution < -0.4 is 0 Å². The molecule has 3 aliphatic rings. The third-order valence-corrected chi connectivity index (χ3v) is 5.39. The van der Waals surface area contributed by atoms with Gasteiger partial charge in [0.15, 0.2) is 0 Å². The lowest BCUT2D eigenvalue weighted by atomic mass is 10.00. The Labute approximate surface area is 115 Å². The molecule has 2 saturated heterocycles. The van der Waals surface area contributed by atoms with E-state index in [2.05, 4.69) is 9.80 Å². The minimum absolute atomic E-state index is 0.206. The van der Waals surface area contributed by atoms with Crippen LogP contribution in [0.25, 0.3) is 0 Å². The maximum Gasteiger partial charge on any atom is 0.320 e. The summed E-state index contributed by atoms with van der Waals surface area (Å²) in [7, 11) is 0. The van der Waals surface area contributed by atoms with Crippen LogP contribution in [0.15, 0.2) is 0 Å². The predicted molar refractivity (Wildman–Crippen MR) is 74.2 cm³/mol. The van der Waals surface area contributed by atoms with E-state index in [1.54, 1.807) is 0 Å². The quantitative estimate of drug-likeness (QED) is 0.848. The number of hydrogen-bond acceptors (Lipinski definition) is 3. The fraction of sp³-hybridized carbons (Fsp3) is 0.933. The molecule has 0 aromatic carbocycles. The van der Waals surface area contributed by atoms with Crippen LogP contribution in [0.4, 0.5) is 0 Å². The van der Waals surface area contributed by atoms with Crippen molar-refractivity contribution in [1.82, 2.24) is 9.80 Å². The highest BCUT2D eigenvalue weighted by molar-refractivity contribution is 5.73. The maximum atomic E-state index is 11.3. The molecule has 4 heteroatoms. The lowest BCUT2D eigenvalue weighted by Crippen LogP contribution is -2.50. The smallest absolute Gasteiger partial charge is 0.320 e. The first kappa shape index (κ1) is 13.4. The Balaban J connectivity index is 1.53. The molecule has 19 heavy (non-hydrogen) atoms. The van der Waals surface area contributed by atoms with Crippen molar-refractivity contribution in [3.05, 3.63) is 0 Å². The molecule has 1 unspecified atom stereocenters. The largest absolute Gasteiger partial charge is 0.480 e. The van der Waals surface area contributed by atoms with Gasteiger partial charge in [-0.3, -0.25) is 9.69 Å². The molecular weight excluding hydrogens is 240 g/mol. The summed E-state index contributed by atoms with van der Waals surface area (Å²) >= 11 is 0. The van der Waals surface area contributed by atoms with E-state index in [-0.39, 0.29) is 6.04 Å². The van der Waals surface area contributed by atoms with Gasteiger partial charge in [0.2, 0.25) is 0 Å². The summed E-state index contributed by atoms with van der Waals surface area (Å²) in [6.07, 6.45) is 9.80. The summed E-state index contributed by atoms with van der Waals surface area (Å²) in [5.41, 5.74) is 0. The van der Waals surface area contributed by atoms with E-state index in [0.717, 1.165) is 25.4 Å². The minimum atomic E-state index is -0.615. The third kappa shape index (κ3) is 2.79. The average Bonchev–Trinajstić information content (AvgIpc) is 3.10. The van der Waals surface area contributed by atoms with E-state index in [1.807, 2.05) is 0 Å². The zero-order valence-electron chi connectivity index (χ0n) is 11.8. The summed E-state index contributed by atoms with van der Waals surface area (Å²) in [5.74, 6) is -0.615. The van der Waals surface area contributed by atoms with Gasteiger partial charge in [-0.1, -0.05) is 12.8 Å². The molecule has 1 aliphatic carbocycles. The van der Waals surface area contributed by atoms with Gasteiger partial charge in [0, 0.05) is 12.1 Å². The molecule has 1 saturated carbocycles. The summed E-state index contributed by atoms with van der Waals surface area (Å²) in [5, 5.41) is 9.29. The van der Waals surface area contributed by atoms with Gasteiger partial charge in [0.1, 0.15) is 6.04 Å². The molecule has 4 nitrogen and oxygen atoms in total. The van der Waals surface area contributed by atoms with Crippen LogP contribution in [-0.2, 0) is 4.79 Å². The van der Waals surface area contributed by atoms with Gasteiger partial charge in [-0.2, -0.15) is 0 Å². The van der Waals surface area contributed by atoms with Gasteiger partial charge >= 0.3 is 5.97 Å². The number of nitrogens with zero attached hydrogens (tertiary/aromatic N) is 2. The van der Waals surface area contributed by atoms with Crippen molar-refractivity contribution in [2.45, 2.75) is 69.5 Å². The third-order valence-electron chi connectivity index (χ3n) is 5.39. The van der Waals surface area contributed by atoms with Gasteiger partial charge in [0.25, 0.3) is 0 Å². The van der Waals surface area contributed by atoms with Crippen molar-refractivity contribution in [3.8, 4) is 0 Å². The molecule has 3 fully saturated rings. The van der Waals surface area contributed by atoms with Gasteiger partial charge in [-0.15, -0.1) is 0 Å². The number of carboxylic acid groups (broad SMARTS) is 1. The number of aliphatic carboxylic acids is 1. The highest BCUT2D eigenvalue weighted by Gasteiger charge is 2.37. The van der Waals surface area contributed by atoms with Gasteiger partial charge < -0.3 is 10.0 Å². The van der Waals surface area contributed by atoms with Crippen LogP contribution in [0.5, 0.6) is 0 Å². The van der Waals surface area contributed by atoms with Crippen molar-refractivity contribution < 1.29 is 9.90 Å². The lowest BCUT2D eigenvalue weighted by molar-refractivity contribution is -0.143. The van der Waals surface area contributed by atoms with Crippen molar-refractivity contribution >= 4 is 5.97 Å². The molecule has 3 rings (SSSR count). The highest BCUT2D eigenvalue weighted by Crippen LogP contribution is 2.30. The lowest BCUT2D eigenvalue weighted by Gasteiger charge is -2.40. The average molecular weight is 266 g/mol. The van der Waals surface area contributed by atoms with E-state index in [9.17, 15) is 9.90 Å². The summed E-state index contributed by atoms with van der Waals surface area (Å²) in [6.45, 7) is 3.35. The molecule has 0 radical (unpaired) electrons. The molecule has 1 atom stereocenters. The number of carbonyl (C=O) groups is 1. The number of hydrogen-bond donors (Lipinski definition) is 1. The first-order chi connectivity index (χ1) is 9.25. The summed E-state index contributed by atoms with van der Waals surface area (Å²) < 4.78 is 0. The molecule has 2 aliphatic heterocycles. The first-order valence-corrected chi connectivity index (χ1v) is 7.98. The number of likely N-dealkylation sites (tertiary alicyclic amines) is 2. The Bertz CT molecular complexity index is 320. The second-order valence-electron chi connectivity index (χ2n) is 6.44. The first-order valence-electron chi connectivity index (χ1n) is 7.98. The molecule has 0 amide bonds. The SMILES string of the molecule is O=C(O)C1CCCN1C1CCN(C2CCCC2)CC1. The fourth-order valence-electron chi connectivity index (χ4n) is 4.34. The van der Waals surface area contributed by atoms with Crippen LogP contribution in [0.2, 0.25) is 0 Å². The zero-order valence-corrected chi connectivity index (χ0v) is 11.8. The molecule has 1 N–H and O–H groups in total. The minimum Gasteiger partial charge on any atom is -0.480 e. The monoisotopic (exact) mass is 266 g/mol.